The zero-order valence-corrected chi connectivity index (χ0v) is 13.7. The average molecular weight is 337 g/mol. The number of aliphatic imine (C=N–C) groups is 1. The van der Waals surface area contributed by atoms with Gasteiger partial charge in [-0.25, -0.2) is 9.79 Å². The third kappa shape index (κ3) is 3.55. The van der Waals surface area contributed by atoms with Crippen molar-refractivity contribution in [3.05, 3.63) is 75.5 Å². The van der Waals surface area contributed by atoms with Crippen molar-refractivity contribution in [2.24, 2.45) is 4.99 Å². The van der Waals surface area contributed by atoms with Crippen LogP contribution in [0.2, 0.25) is 0 Å². The fraction of sp³-hybridized carbons (Fsp3) is 0.111. The highest BCUT2D eigenvalue weighted by Gasteiger charge is 2.25. The molecule has 0 aromatic heterocycles. The molecular formula is C18H15N3O4. The molecule has 2 aromatic rings. The molecule has 0 saturated carbocycles. The topological polar surface area (TPSA) is 85.0 Å². The third-order valence-electron chi connectivity index (χ3n) is 3.64. The van der Waals surface area contributed by atoms with Gasteiger partial charge in [-0.15, -0.1) is 0 Å². The van der Waals surface area contributed by atoms with Gasteiger partial charge in [0.2, 0.25) is 5.90 Å². The van der Waals surface area contributed by atoms with Crippen LogP contribution in [0.4, 0.5) is 11.4 Å². The number of benzene rings is 2. The van der Waals surface area contributed by atoms with E-state index in [0.717, 1.165) is 11.3 Å². The van der Waals surface area contributed by atoms with Gasteiger partial charge < -0.3 is 9.64 Å². The molecule has 1 aliphatic rings. The molecule has 3 rings (SSSR count). The molecule has 0 aliphatic carbocycles. The smallest absolute Gasteiger partial charge is 0.363 e. The quantitative estimate of drug-likeness (QED) is 0.370. The number of nitro groups is 1. The summed E-state index contributed by atoms with van der Waals surface area (Å²) in [6.45, 7) is 0. The number of nitro benzene ring substituents is 1. The molecule has 0 amide bonds. The van der Waals surface area contributed by atoms with Gasteiger partial charge >= 0.3 is 5.97 Å². The number of hydrogen-bond donors (Lipinski definition) is 0. The molecule has 0 N–H and O–H groups in total. The highest BCUT2D eigenvalue weighted by atomic mass is 16.6. The average Bonchev–Trinajstić information content (AvgIpc) is 2.96. The van der Waals surface area contributed by atoms with Crippen LogP contribution < -0.4 is 4.90 Å². The van der Waals surface area contributed by atoms with Crippen molar-refractivity contribution < 1.29 is 14.5 Å². The second-order valence-electron chi connectivity index (χ2n) is 5.63. The van der Waals surface area contributed by atoms with Crippen LogP contribution in [0, 0.1) is 10.1 Å². The number of non-ortho nitro benzene ring substituents is 1. The maximum atomic E-state index is 12.0. The maximum Gasteiger partial charge on any atom is 0.363 e. The van der Waals surface area contributed by atoms with Crippen LogP contribution in [-0.2, 0) is 9.53 Å². The molecule has 7 nitrogen and oxygen atoms in total. The summed E-state index contributed by atoms with van der Waals surface area (Å²) in [5, 5.41) is 10.9. The van der Waals surface area contributed by atoms with Gasteiger partial charge in [-0.2, -0.15) is 0 Å². The summed E-state index contributed by atoms with van der Waals surface area (Å²) in [7, 11) is 3.88. The van der Waals surface area contributed by atoms with Crippen LogP contribution in [0.25, 0.3) is 6.08 Å². The summed E-state index contributed by atoms with van der Waals surface area (Å²) in [5.41, 5.74) is 2.29. The highest BCUT2D eigenvalue weighted by molar-refractivity contribution is 6.13. The minimum Gasteiger partial charge on any atom is -0.402 e. The van der Waals surface area contributed by atoms with Crippen LogP contribution in [0.15, 0.2) is 59.2 Å². The van der Waals surface area contributed by atoms with Crippen molar-refractivity contribution >= 4 is 29.3 Å². The second kappa shape index (κ2) is 6.56. The molecule has 0 saturated heterocycles. The fourth-order valence-corrected chi connectivity index (χ4v) is 2.31. The van der Waals surface area contributed by atoms with Gasteiger partial charge in [0.05, 0.1) is 4.92 Å². The van der Waals surface area contributed by atoms with E-state index in [2.05, 4.69) is 4.99 Å². The number of anilines is 1. The molecule has 126 valence electrons. The first-order valence-corrected chi connectivity index (χ1v) is 7.49. The number of carbonyl (C=O) groups is 1. The Hall–Kier alpha value is -3.48. The largest absolute Gasteiger partial charge is 0.402 e. The van der Waals surface area contributed by atoms with Crippen molar-refractivity contribution in [2.45, 2.75) is 0 Å². The fourth-order valence-electron chi connectivity index (χ4n) is 2.31. The first kappa shape index (κ1) is 16.4. The van der Waals surface area contributed by atoms with Gasteiger partial charge in [-0.1, -0.05) is 18.2 Å². The van der Waals surface area contributed by atoms with E-state index in [4.69, 9.17) is 4.74 Å². The summed E-state index contributed by atoms with van der Waals surface area (Å²) < 4.78 is 5.14. The van der Waals surface area contributed by atoms with Gasteiger partial charge in [-0.05, 0) is 29.8 Å². The Morgan fingerprint density at radius 3 is 2.52 bits per heavy atom. The van der Waals surface area contributed by atoms with E-state index < -0.39 is 10.9 Å². The standard InChI is InChI=1S/C18H15N3O4/c1-20(2)14-8-6-12(7-9-14)10-16-18(22)25-17(19-16)13-4-3-5-15(11-13)21(23)24/h3-11H,1-2H3/b16-10+. The molecule has 0 spiro atoms. The lowest BCUT2D eigenvalue weighted by atomic mass is 10.1. The van der Waals surface area contributed by atoms with Crippen LogP contribution in [0.3, 0.4) is 0 Å². The van der Waals surface area contributed by atoms with E-state index in [1.807, 2.05) is 43.3 Å². The summed E-state index contributed by atoms with van der Waals surface area (Å²) in [4.78, 5) is 28.5. The van der Waals surface area contributed by atoms with Crippen LogP contribution in [-0.4, -0.2) is 30.9 Å². The van der Waals surface area contributed by atoms with Crippen molar-refractivity contribution in [3.8, 4) is 0 Å². The molecule has 0 unspecified atom stereocenters. The number of nitrogens with zero attached hydrogens (tertiary/aromatic N) is 3. The van der Waals surface area contributed by atoms with Crippen molar-refractivity contribution in [2.75, 3.05) is 19.0 Å². The van der Waals surface area contributed by atoms with E-state index in [0.29, 0.717) is 5.56 Å². The van der Waals surface area contributed by atoms with Gasteiger partial charge in [0.15, 0.2) is 5.70 Å². The Morgan fingerprint density at radius 2 is 1.88 bits per heavy atom. The van der Waals surface area contributed by atoms with E-state index in [-0.39, 0.29) is 17.3 Å². The monoisotopic (exact) mass is 337 g/mol. The molecule has 1 heterocycles. The molecule has 2 aromatic carbocycles. The number of hydrogen-bond acceptors (Lipinski definition) is 6. The molecule has 0 fully saturated rings. The van der Waals surface area contributed by atoms with E-state index >= 15 is 0 Å². The molecule has 1 aliphatic heterocycles. The molecule has 7 heteroatoms. The number of rotatable bonds is 4. The van der Waals surface area contributed by atoms with Crippen LogP contribution >= 0.6 is 0 Å². The molecule has 25 heavy (non-hydrogen) atoms. The van der Waals surface area contributed by atoms with Gasteiger partial charge in [-0.3, -0.25) is 10.1 Å². The predicted molar refractivity (Wildman–Crippen MR) is 94.5 cm³/mol. The normalized spacial score (nSPS) is 15.0. The van der Waals surface area contributed by atoms with Crippen molar-refractivity contribution in [1.82, 2.24) is 0 Å². The number of ether oxygens (including phenoxy) is 1. The van der Waals surface area contributed by atoms with E-state index in [1.54, 1.807) is 12.1 Å². The zero-order valence-electron chi connectivity index (χ0n) is 13.7. The minimum absolute atomic E-state index is 0.0601. The van der Waals surface area contributed by atoms with Crippen molar-refractivity contribution in [3.63, 3.8) is 0 Å². The molecule has 0 atom stereocenters. The van der Waals surface area contributed by atoms with Gasteiger partial charge in [0.1, 0.15) is 0 Å². The number of carbonyl (C=O) groups excluding carboxylic acids is 1. The first-order valence-electron chi connectivity index (χ1n) is 7.49. The lowest BCUT2D eigenvalue weighted by molar-refractivity contribution is -0.384. The lowest BCUT2D eigenvalue weighted by Gasteiger charge is -2.11. The molecular weight excluding hydrogens is 322 g/mol. The number of esters is 1. The summed E-state index contributed by atoms with van der Waals surface area (Å²) in [6.07, 6.45) is 1.62. The summed E-state index contributed by atoms with van der Waals surface area (Å²) in [6, 6.07) is 13.4. The Bertz CT molecular complexity index is 899. The highest BCUT2D eigenvalue weighted by Crippen LogP contribution is 2.22. The lowest BCUT2D eigenvalue weighted by Crippen LogP contribution is -2.08. The minimum atomic E-state index is -0.585. The first-order chi connectivity index (χ1) is 11.9. The van der Waals surface area contributed by atoms with Gasteiger partial charge in [0, 0.05) is 37.5 Å². The maximum absolute atomic E-state index is 12.0. The molecule has 0 bridgehead atoms. The van der Waals surface area contributed by atoms with E-state index in [9.17, 15) is 14.9 Å². The van der Waals surface area contributed by atoms with Crippen LogP contribution in [0.5, 0.6) is 0 Å². The Kier molecular flexibility index (Phi) is 4.30. The SMILES string of the molecule is CN(C)c1ccc(/C=C2/N=C(c3cccc([N+](=O)[O-])c3)OC2=O)cc1. The van der Waals surface area contributed by atoms with E-state index in [1.165, 1.54) is 18.2 Å². The Labute approximate surface area is 144 Å². The number of cyclic esters (lactones) is 1. The van der Waals surface area contributed by atoms with Crippen LogP contribution in [0.1, 0.15) is 11.1 Å². The Balaban J connectivity index is 1.89. The molecule has 0 radical (unpaired) electrons. The summed E-state index contributed by atoms with van der Waals surface area (Å²) in [5.74, 6) is -0.525. The van der Waals surface area contributed by atoms with Gasteiger partial charge in [0.25, 0.3) is 5.69 Å². The summed E-state index contributed by atoms with van der Waals surface area (Å²) >= 11 is 0. The van der Waals surface area contributed by atoms with Crippen molar-refractivity contribution in [1.29, 1.82) is 0 Å². The third-order valence-corrected chi connectivity index (χ3v) is 3.64. The predicted octanol–water partition coefficient (Wildman–Crippen LogP) is 3.01. The Morgan fingerprint density at radius 1 is 1.16 bits per heavy atom. The zero-order chi connectivity index (χ0) is 18.0. The second-order valence-corrected chi connectivity index (χ2v) is 5.63.